The number of hydrogen-bond acceptors (Lipinski definition) is 6. The van der Waals surface area contributed by atoms with Crippen molar-refractivity contribution in [3.05, 3.63) is 71.7 Å². The predicted octanol–water partition coefficient (Wildman–Crippen LogP) is 3.28. The molecule has 5 rings (SSSR count). The van der Waals surface area contributed by atoms with E-state index in [0.717, 1.165) is 65.7 Å². The van der Waals surface area contributed by atoms with Gasteiger partial charge >= 0.3 is 0 Å². The predicted molar refractivity (Wildman–Crippen MR) is 122 cm³/mol. The van der Waals surface area contributed by atoms with Crippen molar-refractivity contribution in [2.75, 3.05) is 26.2 Å². The van der Waals surface area contributed by atoms with Gasteiger partial charge in [-0.3, -0.25) is 9.88 Å². The lowest BCUT2D eigenvalue weighted by molar-refractivity contribution is 0.185. The van der Waals surface area contributed by atoms with Crippen LogP contribution < -0.4 is 5.32 Å². The number of pyridine rings is 1. The van der Waals surface area contributed by atoms with Gasteiger partial charge in [0, 0.05) is 61.8 Å². The first kappa shape index (κ1) is 19.8. The molecule has 3 aromatic heterocycles. The summed E-state index contributed by atoms with van der Waals surface area (Å²) >= 11 is 0. The van der Waals surface area contributed by atoms with Gasteiger partial charge in [-0.1, -0.05) is 6.07 Å². The topological polar surface area (TPSA) is 82.6 Å². The van der Waals surface area contributed by atoms with Crippen molar-refractivity contribution in [3.63, 3.8) is 0 Å². The summed E-state index contributed by atoms with van der Waals surface area (Å²) in [4.78, 5) is 23.9. The molecule has 0 aliphatic carbocycles. The van der Waals surface area contributed by atoms with Gasteiger partial charge in [-0.15, -0.1) is 0 Å². The van der Waals surface area contributed by atoms with Gasteiger partial charge in [0.15, 0.2) is 0 Å². The molecule has 31 heavy (non-hydrogen) atoms. The van der Waals surface area contributed by atoms with Crippen molar-refractivity contribution < 1.29 is 0 Å². The number of imidazole rings is 1. The largest absolute Gasteiger partial charge is 0.342 e. The van der Waals surface area contributed by atoms with Crippen LogP contribution in [0.25, 0.3) is 22.3 Å². The molecule has 4 heterocycles. The van der Waals surface area contributed by atoms with E-state index in [1.54, 1.807) is 6.33 Å². The number of nitrogens with one attached hydrogen (secondary N) is 2. The number of aromatic nitrogens is 5. The SMILES string of the molecule is Cc1cc(-c2ccc3nc(Cc4cc(C(C)N5CCNCC5)ccn4)[nH]c3c2)ncn1. The monoisotopic (exact) mass is 413 g/mol. The number of piperazine rings is 1. The van der Waals surface area contributed by atoms with Crippen LogP contribution in [0.5, 0.6) is 0 Å². The van der Waals surface area contributed by atoms with Crippen molar-refractivity contribution in [1.82, 2.24) is 35.1 Å². The van der Waals surface area contributed by atoms with Crippen molar-refractivity contribution in [3.8, 4) is 11.3 Å². The van der Waals surface area contributed by atoms with Crippen molar-refractivity contribution in [2.45, 2.75) is 26.3 Å². The summed E-state index contributed by atoms with van der Waals surface area (Å²) in [5, 5.41) is 3.42. The zero-order valence-corrected chi connectivity index (χ0v) is 18.0. The summed E-state index contributed by atoms with van der Waals surface area (Å²) in [5.41, 5.74) is 7.23. The van der Waals surface area contributed by atoms with Crippen molar-refractivity contribution in [2.24, 2.45) is 0 Å². The van der Waals surface area contributed by atoms with E-state index in [9.17, 15) is 0 Å². The van der Waals surface area contributed by atoms with Gasteiger partial charge in [-0.05, 0) is 49.7 Å². The van der Waals surface area contributed by atoms with E-state index >= 15 is 0 Å². The van der Waals surface area contributed by atoms with Gasteiger partial charge in [0.05, 0.1) is 16.7 Å². The van der Waals surface area contributed by atoms with Crippen LogP contribution in [-0.4, -0.2) is 56.0 Å². The molecule has 0 spiro atoms. The van der Waals surface area contributed by atoms with E-state index in [1.807, 2.05) is 25.3 Å². The smallest absolute Gasteiger partial charge is 0.116 e. The maximum atomic E-state index is 4.78. The molecule has 1 unspecified atom stereocenters. The third-order valence-corrected chi connectivity index (χ3v) is 6.00. The molecule has 0 radical (unpaired) electrons. The Balaban J connectivity index is 1.37. The first-order valence-electron chi connectivity index (χ1n) is 10.8. The molecule has 7 heteroatoms. The molecule has 1 fully saturated rings. The summed E-state index contributed by atoms with van der Waals surface area (Å²) in [6, 6.07) is 12.9. The second-order valence-electron chi connectivity index (χ2n) is 8.18. The standard InChI is InChI=1S/C24H27N7/c1-16-11-22(28-15-27-16)19-3-4-21-23(13-19)30-24(29-21)14-20-12-18(5-6-26-20)17(2)31-9-7-25-8-10-31/h3-6,11-13,15,17,25H,7-10,14H2,1-2H3,(H,29,30). The Morgan fingerprint density at radius 1 is 1.03 bits per heavy atom. The number of rotatable bonds is 5. The lowest BCUT2D eigenvalue weighted by atomic mass is 10.1. The molecule has 1 saturated heterocycles. The molecule has 4 aromatic rings. The lowest BCUT2D eigenvalue weighted by Gasteiger charge is -2.33. The number of benzene rings is 1. The molecule has 1 aromatic carbocycles. The maximum Gasteiger partial charge on any atom is 0.116 e. The van der Waals surface area contributed by atoms with Crippen LogP contribution in [0.1, 0.15) is 35.7 Å². The van der Waals surface area contributed by atoms with E-state index in [1.165, 1.54) is 5.56 Å². The van der Waals surface area contributed by atoms with Gasteiger partial charge in [0.25, 0.3) is 0 Å². The Kier molecular flexibility index (Phi) is 5.44. The summed E-state index contributed by atoms with van der Waals surface area (Å²) in [6.45, 7) is 8.52. The molecule has 2 N–H and O–H groups in total. The van der Waals surface area contributed by atoms with Crippen LogP contribution in [-0.2, 0) is 6.42 Å². The normalized spacial score (nSPS) is 15.9. The zero-order chi connectivity index (χ0) is 21.2. The summed E-state index contributed by atoms with van der Waals surface area (Å²) in [7, 11) is 0. The molecule has 1 aliphatic heterocycles. The number of nitrogens with zero attached hydrogens (tertiary/aromatic N) is 5. The Hall–Kier alpha value is -3.16. The number of aromatic amines is 1. The van der Waals surface area contributed by atoms with Gasteiger partial charge in [0.1, 0.15) is 12.2 Å². The molecule has 7 nitrogen and oxygen atoms in total. The highest BCUT2D eigenvalue weighted by atomic mass is 15.2. The Morgan fingerprint density at radius 2 is 1.90 bits per heavy atom. The van der Waals surface area contributed by atoms with E-state index in [-0.39, 0.29) is 0 Å². The maximum absolute atomic E-state index is 4.78. The van der Waals surface area contributed by atoms with Gasteiger partial charge in [-0.2, -0.15) is 0 Å². The fourth-order valence-electron chi connectivity index (χ4n) is 4.22. The highest BCUT2D eigenvalue weighted by molar-refractivity contribution is 5.81. The van der Waals surface area contributed by atoms with Crippen molar-refractivity contribution in [1.29, 1.82) is 0 Å². The van der Waals surface area contributed by atoms with Gasteiger partial charge in [-0.25, -0.2) is 15.0 Å². The number of H-pyrrole nitrogens is 1. The second kappa shape index (κ2) is 8.53. The van der Waals surface area contributed by atoms with Crippen LogP contribution in [0, 0.1) is 6.92 Å². The van der Waals surface area contributed by atoms with Crippen molar-refractivity contribution >= 4 is 11.0 Å². The number of aryl methyl sites for hydroxylation is 1. The Labute approximate surface area is 182 Å². The third-order valence-electron chi connectivity index (χ3n) is 6.00. The molecule has 1 aliphatic rings. The Morgan fingerprint density at radius 3 is 2.74 bits per heavy atom. The van der Waals surface area contributed by atoms with Crippen LogP contribution in [0.4, 0.5) is 0 Å². The molecule has 0 amide bonds. The third kappa shape index (κ3) is 4.33. The fraction of sp³-hybridized carbons (Fsp3) is 0.333. The number of hydrogen-bond donors (Lipinski definition) is 2. The quantitative estimate of drug-likeness (QED) is 0.523. The summed E-state index contributed by atoms with van der Waals surface area (Å²) in [6.07, 6.45) is 4.20. The fourth-order valence-corrected chi connectivity index (χ4v) is 4.22. The highest BCUT2D eigenvalue weighted by Gasteiger charge is 2.18. The van der Waals surface area contributed by atoms with Crippen LogP contribution in [0.3, 0.4) is 0 Å². The molecule has 0 bridgehead atoms. The molecule has 1 atom stereocenters. The van der Waals surface area contributed by atoms with E-state index < -0.39 is 0 Å². The van der Waals surface area contributed by atoms with Crippen LogP contribution in [0.15, 0.2) is 48.9 Å². The van der Waals surface area contributed by atoms with E-state index in [0.29, 0.717) is 12.5 Å². The average Bonchev–Trinajstić information content (AvgIpc) is 3.21. The lowest BCUT2D eigenvalue weighted by Crippen LogP contribution is -2.44. The van der Waals surface area contributed by atoms with Gasteiger partial charge in [0.2, 0.25) is 0 Å². The molecular formula is C24H27N7. The molecule has 158 valence electrons. The zero-order valence-electron chi connectivity index (χ0n) is 18.0. The average molecular weight is 414 g/mol. The van der Waals surface area contributed by atoms with Crippen LogP contribution in [0.2, 0.25) is 0 Å². The molecule has 0 saturated carbocycles. The minimum absolute atomic E-state index is 0.387. The minimum atomic E-state index is 0.387. The first-order valence-corrected chi connectivity index (χ1v) is 10.8. The Bertz CT molecular complexity index is 1190. The summed E-state index contributed by atoms with van der Waals surface area (Å²) < 4.78 is 0. The first-order chi connectivity index (χ1) is 15.2. The number of fused-ring (bicyclic) bond motifs is 1. The summed E-state index contributed by atoms with van der Waals surface area (Å²) in [5.74, 6) is 0.922. The van der Waals surface area contributed by atoms with E-state index in [2.05, 4.69) is 61.3 Å². The molecular weight excluding hydrogens is 386 g/mol. The van der Waals surface area contributed by atoms with Gasteiger partial charge < -0.3 is 10.3 Å². The van der Waals surface area contributed by atoms with E-state index in [4.69, 9.17) is 4.98 Å². The highest BCUT2D eigenvalue weighted by Crippen LogP contribution is 2.24. The minimum Gasteiger partial charge on any atom is -0.342 e. The second-order valence-corrected chi connectivity index (χ2v) is 8.18. The van der Waals surface area contributed by atoms with Crippen LogP contribution >= 0.6 is 0 Å².